The third kappa shape index (κ3) is 3.20. The smallest absolute Gasteiger partial charge is 0.184 e. The molecule has 0 amide bonds. The van der Waals surface area contributed by atoms with E-state index in [0.717, 1.165) is 11.1 Å². The molecule has 0 spiro atoms. The summed E-state index contributed by atoms with van der Waals surface area (Å²) in [6.07, 6.45) is 0. The van der Waals surface area contributed by atoms with Crippen molar-refractivity contribution in [2.75, 3.05) is 0 Å². The summed E-state index contributed by atoms with van der Waals surface area (Å²) in [7, 11) is 0. The van der Waals surface area contributed by atoms with E-state index in [4.69, 9.17) is 0 Å². The summed E-state index contributed by atoms with van der Waals surface area (Å²) in [5, 5.41) is 9.41. The number of ketones is 1. The Bertz CT molecular complexity index is 677. The van der Waals surface area contributed by atoms with Crippen LogP contribution in [0.25, 0.3) is 0 Å². The lowest BCUT2D eigenvalue weighted by Crippen LogP contribution is -2.12. The van der Waals surface area contributed by atoms with Crippen molar-refractivity contribution in [3.05, 3.63) is 70.8 Å². The maximum absolute atomic E-state index is 12.6. The molecule has 21 heavy (non-hydrogen) atoms. The Hall–Kier alpha value is -2.40. The van der Waals surface area contributed by atoms with Crippen LogP contribution in [0.5, 0.6) is 0 Å². The second kappa shape index (κ2) is 6.37. The van der Waals surface area contributed by atoms with Crippen LogP contribution in [-0.2, 0) is 0 Å². The molecule has 0 aliphatic heterocycles. The number of aryl methyl sites for hydroxylation is 1. The summed E-state index contributed by atoms with van der Waals surface area (Å²) in [6.45, 7) is 6.15. The minimum absolute atomic E-state index is 0.137. The van der Waals surface area contributed by atoms with Gasteiger partial charge in [0.05, 0.1) is 6.07 Å². The normalized spacial score (nSPS) is 12.0. The Labute approximate surface area is 126 Å². The number of benzene rings is 2. The molecule has 1 atom stereocenters. The second-order valence-corrected chi connectivity index (χ2v) is 5.56. The topological polar surface area (TPSA) is 40.9 Å². The summed E-state index contributed by atoms with van der Waals surface area (Å²) in [4.78, 5) is 12.6. The van der Waals surface area contributed by atoms with Crippen molar-refractivity contribution in [3.63, 3.8) is 0 Å². The molecular formula is C19H19NO. The summed E-state index contributed by atoms with van der Waals surface area (Å²) in [5.41, 5.74) is 3.54. The monoisotopic (exact) mass is 277 g/mol. The third-order valence-corrected chi connectivity index (χ3v) is 3.75. The van der Waals surface area contributed by atoms with Gasteiger partial charge in [-0.2, -0.15) is 5.26 Å². The molecule has 0 radical (unpaired) electrons. The van der Waals surface area contributed by atoms with E-state index in [2.05, 4.69) is 19.9 Å². The molecule has 0 aromatic heterocycles. The standard InChI is InChI=1S/C19H19NO/c1-13(2)15-8-10-16(11-9-15)19(21)18(12-20)17-7-5-4-6-14(17)3/h4-11,13,18H,1-3H3. The Morgan fingerprint density at radius 2 is 1.67 bits per heavy atom. The Morgan fingerprint density at radius 1 is 1.05 bits per heavy atom. The van der Waals surface area contributed by atoms with E-state index < -0.39 is 5.92 Å². The van der Waals surface area contributed by atoms with Crippen LogP contribution in [0.2, 0.25) is 0 Å². The van der Waals surface area contributed by atoms with Crippen molar-refractivity contribution < 1.29 is 4.79 Å². The molecule has 2 aromatic rings. The van der Waals surface area contributed by atoms with Crippen molar-refractivity contribution in [2.24, 2.45) is 0 Å². The number of nitrogens with zero attached hydrogens (tertiary/aromatic N) is 1. The van der Waals surface area contributed by atoms with Crippen LogP contribution in [0.1, 0.15) is 52.7 Å². The predicted octanol–water partition coefficient (Wildman–Crippen LogP) is 4.61. The van der Waals surface area contributed by atoms with Crippen LogP contribution >= 0.6 is 0 Å². The highest BCUT2D eigenvalue weighted by atomic mass is 16.1. The first-order valence-corrected chi connectivity index (χ1v) is 7.14. The predicted molar refractivity (Wildman–Crippen MR) is 84.4 cm³/mol. The molecule has 0 saturated carbocycles. The summed E-state index contributed by atoms with van der Waals surface area (Å²) in [6, 6.07) is 17.3. The summed E-state index contributed by atoms with van der Waals surface area (Å²) < 4.78 is 0. The second-order valence-electron chi connectivity index (χ2n) is 5.56. The molecule has 0 bridgehead atoms. The zero-order valence-corrected chi connectivity index (χ0v) is 12.6. The van der Waals surface area contributed by atoms with E-state index in [1.807, 2.05) is 55.5 Å². The van der Waals surface area contributed by atoms with E-state index in [-0.39, 0.29) is 5.78 Å². The van der Waals surface area contributed by atoms with Gasteiger partial charge in [-0.15, -0.1) is 0 Å². The van der Waals surface area contributed by atoms with Gasteiger partial charge in [0.2, 0.25) is 0 Å². The van der Waals surface area contributed by atoms with E-state index in [0.29, 0.717) is 11.5 Å². The minimum atomic E-state index is -0.740. The van der Waals surface area contributed by atoms with Crippen LogP contribution in [-0.4, -0.2) is 5.78 Å². The average Bonchev–Trinajstić information content (AvgIpc) is 2.50. The fourth-order valence-corrected chi connectivity index (χ4v) is 2.38. The Balaban J connectivity index is 2.33. The van der Waals surface area contributed by atoms with Gasteiger partial charge in [-0.1, -0.05) is 62.4 Å². The van der Waals surface area contributed by atoms with Crippen molar-refractivity contribution in [1.82, 2.24) is 0 Å². The maximum Gasteiger partial charge on any atom is 0.184 e. The van der Waals surface area contributed by atoms with Crippen LogP contribution in [0.15, 0.2) is 48.5 Å². The van der Waals surface area contributed by atoms with Gasteiger partial charge in [0, 0.05) is 5.56 Å². The maximum atomic E-state index is 12.6. The van der Waals surface area contributed by atoms with Crippen LogP contribution in [0, 0.1) is 18.3 Å². The minimum Gasteiger partial charge on any atom is -0.292 e. The molecule has 0 N–H and O–H groups in total. The van der Waals surface area contributed by atoms with Crippen molar-refractivity contribution >= 4 is 5.78 Å². The molecule has 0 heterocycles. The van der Waals surface area contributed by atoms with Crippen molar-refractivity contribution in [2.45, 2.75) is 32.6 Å². The quantitative estimate of drug-likeness (QED) is 0.766. The van der Waals surface area contributed by atoms with Gasteiger partial charge in [0.25, 0.3) is 0 Å². The first-order chi connectivity index (χ1) is 10.0. The van der Waals surface area contributed by atoms with E-state index in [1.165, 1.54) is 5.56 Å². The Morgan fingerprint density at radius 3 is 2.19 bits per heavy atom. The third-order valence-electron chi connectivity index (χ3n) is 3.75. The molecule has 0 fully saturated rings. The van der Waals surface area contributed by atoms with Gasteiger partial charge in [-0.25, -0.2) is 0 Å². The molecule has 1 unspecified atom stereocenters. The van der Waals surface area contributed by atoms with Crippen LogP contribution in [0.4, 0.5) is 0 Å². The number of Topliss-reactive ketones (excluding diaryl/α,β-unsaturated/α-hetero) is 1. The van der Waals surface area contributed by atoms with Gasteiger partial charge in [-0.3, -0.25) is 4.79 Å². The van der Waals surface area contributed by atoms with Gasteiger partial charge in [-0.05, 0) is 29.5 Å². The lowest BCUT2D eigenvalue weighted by atomic mass is 9.88. The molecule has 2 heteroatoms. The molecule has 0 saturated heterocycles. The zero-order chi connectivity index (χ0) is 15.4. The molecular weight excluding hydrogens is 258 g/mol. The highest BCUT2D eigenvalue weighted by molar-refractivity contribution is 6.02. The van der Waals surface area contributed by atoms with Crippen molar-refractivity contribution in [3.8, 4) is 6.07 Å². The fraction of sp³-hybridized carbons (Fsp3) is 0.263. The molecule has 2 nitrogen and oxygen atoms in total. The molecule has 0 aliphatic carbocycles. The largest absolute Gasteiger partial charge is 0.292 e. The molecule has 2 aromatic carbocycles. The average molecular weight is 277 g/mol. The van der Waals surface area contributed by atoms with E-state index in [9.17, 15) is 10.1 Å². The van der Waals surface area contributed by atoms with Crippen LogP contribution in [0.3, 0.4) is 0 Å². The molecule has 2 rings (SSSR count). The number of rotatable bonds is 4. The lowest BCUT2D eigenvalue weighted by Gasteiger charge is -2.12. The van der Waals surface area contributed by atoms with Gasteiger partial charge < -0.3 is 0 Å². The number of hydrogen-bond donors (Lipinski definition) is 0. The number of carbonyl (C=O) groups excluding carboxylic acids is 1. The molecule has 106 valence electrons. The van der Waals surface area contributed by atoms with E-state index >= 15 is 0 Å². The number of nitriles is 1. The number of hydrogen-bond acceptors (Lipinski definition) is 2. The molecule has 0 aliphatic rings. The van der Waals surface area contributed by atoms with Crippen molar-refractivity contribution in [1.29, 1.82) is 5.26 Å². The highest BCUT2D eigenvalue weighted by Gasteiger charge is 2.23. The first-order valence-electron chi connectivity index (χ1n) is 7.14. The SMILES string of the molecule is Cc1ccccc1C(C#N)C(=O)c1ccc(C(C)C)cc1. The first kappa shape index (κ1) is 15.0. The van der Waals surface area contributed by atoms with Gasteiger partial charge >= 0.3 is 0 Å². The lowest BCUT2D eigenvalue weighted by molar-refractivity contribution is 0.0978. The summed E-state index contributed by atoms with van der Waals surface area (Å²) in [5.74, 6) is -0.449. The van der Waals surface area contributed by atoms with Crippen LogP contribution < -0.4 is 0 Å². The van der Waals surface area contributed by atoms with Gasteiger partial charge in [0.1, 0.15) is 5.92 Å². The number of carbonyl (C=O) groups is 1. The fourth-order valence-electron chi connectivity index (χ4n) is 2.38. The summed E-state index contributed by atoms with van der Waals surface area (Å²) >= 11 is 0. The zero-order valence-electron chi connectivity index (χ0n) is 12.6. The van der Waals surface area contributed by atoms with Gasteiger partial charge in [0.15, 0.2) is 5.78 Å². The Kier molecular flexibility index (Phi) is 4.55. The van der Waals surface area contributed by atoms with E-state index in [1.54, 1.807) is 0 Å². The highest BCUT2D eigenvalue weighted by Crippen LogP contribution is 2.24.